The molecule has 0 radical (unpaired) electrons. The first-order valence-electron chi connectivity index (χ1n) is 5.26. The number of aryl methyl sites for hydroxylation is 1. The number of benzene rings is 1. The number of carbonyl (C=O) groups is 1. The van der Waals surface area contributed by atoms with Gasteiger partial charge >= 0.3 is 0 Å². The minimum Gasteiger partial charge on any atom is -0.372 e. The highest BCUT2D eigenvalue weighted by Gasteiger charge is 2.28. The highest BCUT2D eigenvalue weighted by Crippen LogP contribution is 2.31. The number of fused-ring (bicyclic) bond motifs is 1. The van der Waals surface area contributed by atoms with E-state index < -0.39 is 0 Å². The van der Waals surface area contributed by atoms with Crippen molar-refractivity contribution in [2.45, 2.75) is 26.8 Å². The van der Waals surface area contributed by atoms with Crippen LogP contribution in [0.2, 0.25) is 0 Å². The molecule has 1 aromatic rings. The molecule has 1 amide bonds. The van der Waals surface area contributed by atoms with Crippen molar-refractivity contribution in [3.63, 3.8) is 0 Å². The fourth-order valence-corrected chi connectivity index (χ4v) is 1.86. The third kappa shape index (κ3) is 1.69. The predicted octanol–water partition coefficient (Wildman–Crippen LogP) is 2.38. The topological polar surface area (TPSA) is 41.1 Å². The van der Waals surface area contributed by atoms with Crippen molar-refractivity contribution >= 4 is 17.3 Å². The number of nitrogens with one attached hydrogen (secondary N) is 2. The van der Waals surface area contributed by atoms with Gasteiger partial charge in [-0.25, -0.2) is 0 Å². The van der Waals surface area contributed by atoms with Crippen LogP contribution in [0.4, 0.5) is 11.4 Å². The van der Waals surface area contributed by atoms with E-state index in [1.54, 1.807) is 0 Å². The lowest BCUT2D eigenvalue weighted by atomic mass is 9.99. The van der Waals surface area contributed by atoms with Crippen LogP contribution in [0.25, 0.3) is 0 Å². The first-order chi connectivity index (χ1) is 7.09. The quantitative estimate of drug-likeness (QED) is 0.737. The predicted molar refractivity (Wildman–Crippen MR) is 62.1 cm³/mol. The Hall–Kier alpha value is -1.51. The molecule has 0 fully saturated rings. The molecule has 1 aliphatic rings. The maximum atomic E-state index is 11.8. The van der Waals surface area contributed by atoms with Crippen molar-refractivity contribution in [3.8, 4) is 0 Å². The minimum absolute atomic E-state index is 0.0619. The average molecular weight is 204 g/mol. The lowest BCUT2D eigenvalue weighted by molar-refractivity contribution is -0.117. The smallest absolute Gasteiger partial charge is 0.247 e. The summed E-state index contributed by atoms with van der Waals surface area (Å²) in [7, 11) is 0. The molecule has 1 aliphatic heterocycles. The van der Waals surface area contributed by atoms with Crippen LogP contribution >= 0.6 is 0 Å². The maximum Gasteiger partial charge on any atom is 0.247 e. The molecule has 80 valence electrons. The van der Waals surface area contributed by atoms with Crippen molar-refractivity contribution in [1.82, 2.24) is 0 Å². The average Bonchev–Trinajstić information content (AvgIpc) is 2.18. The lowest BCUT2D eigenvalue weighted by Crippen LogP contribution is -2.42. The molecule has 1 atom stereocenters. The van der Waals surface area contributed by atoms with Gasteiger partial charge in [-0.1, -0.05) is 26.0 Å². The molecule has 2 N–H and O–H groups in total. The second-order valence-corrected chi connectivity index (χ2v) is 4.35. The van der Waals surface area contributed by atoms with E-state index in [2.05, 4.69) is 10.6 Å². The van der Waals surface area contributed by atoms with Crippen LogP contribution in [0.5, 0.6) is 0 Å². The normalized spacial score (nSPS) is 19.5. The van der Waals surface area contributed by atoms with E-state index in [1.807, 2.05) is 39.0 Å². The number of hydrogen-bond donors (Lipinski definition) is 2. The van der Waals surface area contributed by atoms with Crippen LogP contribution in [0.15, 0.2) is 18.2 Å². The van der Waals surface area contributed by atoms with Crippen LogP contribution < -0.4 is 10.6 Å². The molecule has 0 bridgehead atoms. The SMILES string of the molecule is Cc1cccc2c1NC(=O)C(C(C)C)N2. The van der Waals surface area contributed by atoms with E-state index in [1.165, 1.54) is 0 Å². The number of rotatable bonds is 1. The second-order valence-electron chi connectivity index (χ2n) is 4.35. The van der Waals surface area contributed by atoms with Crippen LogP contribution in [-0.4, -0.2) is 11.9 Å². The summed E-state index contributed by atoms with van der Waals surface area (Å²) in [5.74, 6) is 0.352. The highest BCUT2D eigenvalue weighted by molar-refractivity contribution is 6.03. The summed E-state index contributed by atoms with van der Waals surface area (Å²) in [5, 5.41) is 6.23. The monoisotopic (exact) mass is 204 g/mol. The number of hydrogen-bond acceptors (Lipinski definition) is 2. The van der Waals surface area contributed by atoms with Crippen LogP contribution in [0, 0.1) is 12.8 Å². The number of para-hydroxylation sites is 1. The lowest BCUT2D eigenvalue weighted by Gasteiger charge is -2.30. The first-order valence-corrected chi connectivity index (χ1v) is 5.26. The van der Waals surface area contributed by atoms with E-state index >= 15 is 0 Å². The molecule has 2 rings (SSSR count). The molecular weight excluding hydrogens is 188 g/mol. The molecule has 0 aliphatic carbocycles. The zero-order chi connectivity index (χ0) is 11.0. The van der Waals surface area contributed by atoms with Gasteiger partial charge in [-0.05, 0) is 24.5 Å². The van der Waals surface area contributed by atoms with Gasteiger partial charge in [-0.3, -0.25) is 4.79 Å². The Morgan fingerprint density at radius 1 is 1.33 bits per heavy atom. The van der Waals surface area contributed by atoms with E-state index in [0.717, 1.165) is 16.9 Å². The van der Waals surface area contributed by atoms with Gasteiger partial charge in [0.25, 0.3) is 0 Å². The van der Waals surface area contributed by atoms with Crippen LogP contribution in [0.3, 0.4) is 0 Å². The van der Waals surface area contributed by atoms with Gasteiger partial charge in [-0.15, -0.1) is 0 Å². The Kier molecular flexibility index (Phi) is 2.39. The summed E-state index contributed by atoms with van der Waals surface area (Å²) >= 11 is 0. The summed E-state index contributed by atoms with van der Waals surface area (Å²) in [5.41, 5.74) is 3.03. The third-order valence-corrected chi connectivity index (χ3v) is 2.78. The van der Waals surface area contributed by atoms with Gasteiger partial charge in [0.15, 0.2) is 0 Å². The molecule has 0 aromatic heterocycles. The van der Waals surface area contributed by atoms with Gasteiger partial charge in [0.2, 0.25) is 5.91 Å². The highest BCUT2D eigenvalue weighted by atomic mass is 16.2. The van der Waals surface area contributed by atoms with Gasteiger partial charge in [0, 0.05) is 0 Å². The largest absolute Gasteiger partial charge is 0.372 e. The Morgan fingerprint density at radius 3 is 2.73 bits per heavy atom. The molecule has 3 heteroatoms. The second kappa shape index (κ2) is 3.57. The Balaban J connectivity index is 2.38. The molecule has 1 aromatic carbocycles. The summed E-state index contributed by atoms with van der Waals surface area (Å²) < 4.78 is 0. The third-order valence-electron chi connectivity index (χ3n) is 2.78. The van der Waals surface area contributed by atoms with Crippen molar-refractivity contribution in [1.29, 1.82) is 0 Å². The fraction of sp³-hybridized carbons (Fsp3) is 0.417. The zero-order valence-electron chi connectivity index (χ0n) is 9.29. The fourth-order valence-electron chi connectivity index (χ4n) is 1.86. The molecule has 1 heterocycles. The number of carbonyl (C=O) groups excluding carboxylic acids is 1. The summed E-state index contributed by atoms with van der Waals surface area (Å²) in [4.78, 5) is 11.8. The molecule has 0 saturated heterocycles. The molecule has 1 unspecified atom stereocenters. The number of amides is 1. The van der Waals surface area contributed by atoms with Crippen molar-refractivity contribution in [3.05, 3.63) is 23.8 Å². The number of anilines is 2. The summed E-state index contributed by atoms with van der Waals surface area (Å²) in [6, 6.07) is 5.86. The molecule has 0 spiro atoms. The maximum absolute atomic E-state index is 11.8. The molecule has 0 saturated carbocycles. The Labute approximate surface area is 89.9 Å². The van der Waals surface area contributed by atoms with Crippen molar-refractivity contribution in [2.75, 3.05) is 10.6 Å². The first kappa shape index (κ1) is 10.0. The van der Waals surface area contributed by atoms with Crippen LogP contribution in [0.1, 0.15) is 19.4 Å². The molecular formula is C12H16N2O. The molecule has 15 heavy (non-hydrogen) atoms. The van der Waals surface area contributed by atoms with Crippen LogP contribution in [-0.2, 0) is 4.79 Å². The summed E-state index contributed by atoms with van der Waals surface area (Å²) in [6.45, 7) is 6.08. The molecule has 3 nitrogen and oxygen atoms in total. The van der Waals surface area contributed by atoms with Crippen molar-refractivity contribution < 1.29 is 4.79 Å². The van der Waals surface area contributed by atoms with E-state index in [4.69, 9.17) is 0 Å². The van der Waals surface area contributed by atoms with Gasteiger partial charge in [0.1, 0.15) is 6.04 Å². The van der Waals surface area contributed by atoms with E-state index in [0.29, 0.717) is 5.92 Å². The Morgan fingerprint density at radius 2 is 2.07 bits per heavy atom. The Bertz CT molecular complexity index is 399. The van der Waals surface area contributed by atoms with E-state index in [-0.39, 0.29) is 11.9 Å². The van der Waals surface area contributed by atoms with Gasteiger partial charge < -0.3 is 10.6 Å². The zero-order valence-corrected chi connectivity index (χ0v) is 9.29. The summed E-state index contributed by atoms with van der Waals surface area (Å²) in [6.07, 6.45) is 0. The van der Waals surface area contributed by atoms with Gasteiger partial charge in [-0.2, -0.15) is 0 Å². The van der Waals surface area contributed by atoms with E-state index in [9.17, 15) is 4.79 Å². The van der Waals surface area contributed by atoms with Crippen molar-refractivity contribution in [2.24, 2.45) is 5.92 Å². The standard InChI is InChI=1S/C12H16N2O/c1-7(2)10-12(15)14-11-8(3)5-4-6-9(11)13-10/h4-7,10,13H,1-3H3,(H,14,15). The van der Waals surface area contributed by atoms with Gasteiger partial charge in [0.05, 0.1) is 11.4 Å². The minimum atomic E-state index is -0.126.